The Kier molecular flexibility index (Phi) is 6.61. The second-order valence-corrected chi connectivity index (χ2v) is 6.59. The molecule has 0 unspecified atom stereocenters. The van der Waals surface area contributed by atoms with Crippen molar-refractivity contribution < 1.29 is 22.7 Å². The Bertz CT molecular complexity index is 1010. The molecule has 0 atom stereocenters. The summed E-state index contributed by atoms with van der Waals surface area (Å²) in [6, 6.07) is 14.6. The monoisotopic (exact) mass is 440 g/mol. The molecule has 0 aliphatic carbocycles. The van der Waals surface area contributed by atoms with Crippen LogP contribution in [0.3, 0.4) is 0 Å². The van der Waals surface area contributed by atoms with E-state index < -0.39 is 11.7 Å². The molecule has 3 rings (SSSR count). The summed E-state index contributed by atoms with van der Waals surface area (Å²) >= 11 is 11.9. The predicted octanol–water partition coefficient (Wildman–Crippen LogP) is 6.75. The van der Waals surface area contributed by atoms with Gasteiger partial charge in [0, 0.05) is 16.8 Å². The number of pyridine rings is 1. The normalized spacial score (nSPS) is 11.6. The molecule has 150 valence electrons. The molecule has 0 radical (unpaired) electrons. The molecule has 0 N–H and O–H groups in total. The zero-order chi connectivity index (χ0) is 20.9. The number of benzene rings is 2. The molecule has 0 aliphatic heterocycles. The van der Waals surface area contributed by atoms with Gasteiger partial charge >= 0.3 is 6.18 Å². The molecule has 0 fully saturated rings. The highest BCUT2D eigenvalue weighted by Gasteiger charge is 2.31. The molecule has 0 aliphatic rings. The van der Waals surface area contributed by atoms with Gasteiger partial charge in [0.15, 0.2) is 0 Å². The van der Waals surface area contributed by atoms with Crippen LogP contribution in [0.25, 0.3) is 0 Å². The van der Waals surface area contributed by atoms with Crippen LogP contribution < -0.4 is 4.74 Å². The molecule has 9 heteroatoms. The van der Waals surface area contributed by atoms with Gasteiger partial charge in [-0.2, -0.15) is 13.2 Å². The van der Waals surface area contributed by atoms with Crippen molar-refractivity contribution in [2.24, 2.45) is 5.16 Å². The zero-order valence-corrected chi connectivity index (χ0v) is 16.2. The maximum atomic E-state index is 12.6. The van der Waals surface area contributed by atoms with Gasteiger partial charge in [-0.15, -0.1) is 0 Å². The van der Waals surface area contributed by atoms with Crippen LogP contribution in [0.1, 0.15) is 16.7 Å². The summed E-state index contributed by atoms with van der Waals surface area (Å²) in [6.07, 6.45) is -2.35. The van der Waals surface area contributed by atoms with E-state index in [1.54, 1.807) is 30.3 Å². The van der Waals surface area contributed by atoms with Crippen molar-refractivity contribution in [2.45, 2.75) is 12.8 Å². The Morgan fingerprint density at radius 3 is 2.38 bits per heavy atom. The molecule has 0 amide bonds. The van der Waals surface area contributed by atoms with E-state index in [1.165, 1.54) is 6.21 Å². The molecule has 0 bridgehead atoms. The smallest absolute Gasteiger partial charge is 0.417 e. The van der Waals surface area contributed by atoms with Gasteiger partial charge < -0.3 is 9.57 Å². The number of alkyl halides is 3. The van der Waals surface area contributed by atoms with E-state index in [9.17, 15) is 13.2 Å². The Labute approximate surface area is 174 Å². The van der Waals surface area contributed by atoms with Gasteiger partial charge in [-0.1, -0.05) is 46.6 Å². The summed E-state index contributed by atoms with van der Waals surface area (Å²) in [5.41, 5.74) is 0.595. The van der Waals surface area contributed by atoms with Gasteiger partial charge in [0.1, 0.15) is 17.4 Å². The summed E-state index contributed by atoms with van der Waals surface area (Å²) in [6.45, 7) is 0.232. The molecule has 29 heavy (non-hydrogen) atoms. The van der Waals surface area contributed by atoms with Crippen LogP contribution in [0.4, 0.5) is 13.2 Å². The van der Waals surface area contributed by atoms with Crippen molar-refractivity contribution in [2.75, 3.05) is 0 Å². The van der Waals surface area contributed by atoms with Gasteiger partial charge in [0.2, 0.25) is 5.88 Å². The van der Waals surface area contributed by atoms with Gasteiger partial charge in [0.05, 0.1) is 11.8 Å². The van der Waals surface area contributed by atoms with Gasteiger partial charge in [-0.3, -0.25) is 0 Å². The van der Waals surface area contributed by atoms with E-state index in [-0.39, 0.29) is 17.5 Å². The van der Waals surface area contributed by atoms with E-state index in [0.29, 0.717) is 17.0 Å². The minimum Gasteiger partial charge on any atom is -0.438 e. The lowest BCUT2D eigenvalue weighted by atomic mass is 10.2. The van der Waals surface area contributed by atoms with E-state index in [4.69, 9.17) is 32.8 Å². The molecule has 2 aromatic carbocycles. The Morgan fingerprint density at radius 1 is 1.00 bits per heavy atom. The van der Waals surface area contributed by atoms with E-state index in [2.05, 4.69) is 10.1 Å². The van der Waals surface area contributed by atoms with Gasteiger partial charge in [0.25, 0.3) is 0 Å². The highest BCUT2D eigenvalue weighted by Crippen LogP contribution is 2.34. The summed E-state index contributed by atoms with van der Waals surface area (Å²) < 4.78 is 43.4. The first-order valence-corrected chi connectivity index (χ1v) is 8.98. The van der Waals surface area contributed by atoms with Crippen molar-refractivity contribution >= 4 is 29.4 Å². The lowest BCUT2D eigenvalue weighted by Gasteiger charge is -2.10. The molecule has 3 aromatic rings. The van der Waals surface area contributed by atoms with Crippen molar-refractivity contribution in [3.63, 3.8) is 0 Å². The summed E-state index contributed by atoms with van der Waals surface area (Å²) in [4.78, 5) is 8.85. The summed E-state index contributed by atoms with van der Waals surface area (Å²) in [7, 11) is 0. The third kappa shape index (κ3) is 5.85. The largest absolute Gasteiger partial charge is 0.438 e. The SMILES string of the molecule is FC(F)(F)c1cnc(Oc2ccc(/C=N/OCc3ccccc3Cl)cc2)c(Cl)c1. The summed E-state index contributed by atoms with van der Waals surface area (Å²) in [5, 5.41) is 4.23. The Morgan fingerprint density at radius 2 is 1.72 bits per heavy atom. The number of halogens is 5. The lowest BCUT2D eigenvalue weighted by molar-refractivity contribution is -0.137. The highest BCUT2D eigenvalue weighted by molar-refractivity contribution is 6.32. The van der Waals surface area contributed by atoms with Crippen molar-refractivity contribution in [1.82, 2.24) is 4.98 Å². The fraction of sp³-hybridized carbons (Fsp3) is 0.100. The topological polar surface area (TPSA) is 43.7 Å². The molecule has 0 saturated carbocycles. The third-order valence-corrected chi connectivity index (χ3v) is 4.32. The molecular weight excluding hydrogens is 428 g/mol. The van der Waals surface area contributed by atoms with Gasteiger partial charge in [-0.25, -0.2) is 4.98 Å². The Hall–Kier alpha value is -2.77. The van der Waals surface area contributed by atoms with E-state index in [1.807, 2.05) is 18.2 Å². The van der Waals surface area contributed by atoms with Crippen LogP contribution in [0, 0.1) is 0 Å². The minimum atomic E-state index is -4.52. The molecule has 0 saturated heterocycles. The molecule has 1 aromatic heterocycles. The molecule has 0 spiro atoms. The number of aromatic nitrogens is 1. The van der Waals surface area contributed by atoms with Crippen LogP contribution in [0.2, 0.25) is 10.0 Å². The van der Waals surface area contributed by atoms with Gasteiger partial charge in [-0.05, 0) is 42.0 Å². The zero-order valence-electron chi connectivity index (χ0n) is 14.7. The summed E-state index contributed by atoms with van der Waals surface area (Å²) in [5.74, 6) is 0.234. The number of hydrogen-bond acceptors (Lipinski definition) is 4. The second kappa shape index (κ2) is 9.15. The fourth-order valence-electron chi connectivity index (χ4n) is 2.21. The first-order valence-electron chi connectivity index (χ1n) is 8.22. The molecule has 4 nitrogen and oxygen atoms in total. The number of nitrogens with zero attached hydrogens (tertiary/aromatic N) is 2. The average molecular weight is 441 g/mol. The highest BCUT2D eigenvalue weighted by atomic mass is 35.5. The maximum absolute atomic E-state index is 12.6. The number of rotatable bonds is 6. The minimum absolute atomic E-state index is 0.121. The number of oxime groups is 1. The van der Waals surface area contributed by atoms with Crippen molar-refractivity contribution in [3.8, 4) is 11.6 Å². The van der Waals surface area contributed by atoms with Crippen LogP contribution >= 0.6 is 23.2 Å². The van der Waals surface area contributed by atoms with E-state index in [0.717, 1.165) is 17.2 Å². The van der Waals surface area contributed by atoms with Crippen molar-refractivity contribution in [3.05, 3.63) is 87.5 Å². The predicted molar refractivity (Wildman–Crippen MR) is 105 cm³/mol. The first kappa shape index (κ1) is 21.0. The van der Waals surface area contributed by atoms with Crippen LogP contribution in [-0.4, -0.2) is 11.2 Å². The molecule has 1 heterocycles. The number of ether oxygens (including phenoxy) is 1. The van der Waals surface area contributed by atoms with Crippen LogP contribution in [0.15, 0.2) is 65.9 Å². The molecular formula is C20H13Cl2F3N2O2. The maximum Gasteiger partial charge on any atom is 0.417 e. The van der Waals surface area contributed by atoms with Crippen LogP contribution in [0.5, 0.6) is 11.6 Å². The second-order valence-electron chi connectivity index (χ2n) is 5.78. The van der Waals surface area contributed by atoms with E-state index >= 15 is 0 Å². The van der Waals surface area contributed by atoms with Crippen LogP contribution in [-0.2, 0) is 17.6 Å². The van der Waals surface area contributed by atoms with Crippen molar-refractivity contribution in [1.29, 1.82) is 0 Å². The Balaban J connectivity index is 1.58. The first-order chi connectivity index (χ1) is 13.8. The number of hydrogen-bond donors (Lipinski definition) is 0. The fourth-order valence-corrected chi connectivity index (χ4v) is 2.60. The average Bonchev–Trinajstić information content (AvgIpc) is 2.68. The lowest BCUT2D eigenvalue weighted by Crippen LogP contribution is -2.05. The quantitative estimate of drug-likeness (QED) is 0.314. The third-order valence-electron chi connectivity index (χ3n) is 3.68. The standard InChI is InChI=1S/C20H13Cl2F3N2O2/c21-17-4-2-1-3-14(17)12-28-27-10-13-5-7-16(8-6-13)29-19-18(22)9-15(11-26-19)20(23,24)25/h1-11H,12H2/b27-10+.